The number of esters is 1. The predicted molar refractivity (Wildman–Crippen MR) is 89.7 cm³/mol. The number of rotatable bonds is 7. The van der Waals surface area contributed by atoms with Crippen LogP contribution in [-0.2, 0) is 9.53 Å². The first-order chi connectivity index (χ1) is 11.9. The first-order valence-electron chi connectivity index (χ1n) is 7.99. The van der Waals surface area contributed by atoms with Gasteiger partial charge in [0.15, 0.2) is 0 Å². The van der Waals surface area contributed by atoms with Crippen molar-refractivity contribution in [3.8, 4) is 5.95 Å². The predicted octanol–water partition coefficient (Wildman–Crippen LogP) is 0.646. The number of aryl methyl sites for hydroxylation is 2. The van der Waals surface area contributed by atoms with Gasteiger partial charge in [0.05, 0.1) is 13.0 Å². The number of H-pyrrole nitrogens is 1. The molecule has 9 nitrogen and oxygen atoms in total. The Morgan fingerprint density at radius 2 is 1.92 bits per heavy atom. The number of aromatic nitrogens is 4. The molecule has 2 rings (SSSR count). The summed E-state index contributed by atoms with van der Waals surface area (Å²) in [5.41, 5.74) is 1.04. The molecule has 0 bridgehead atoms. The molecule has 134 valence electrons. The maximum atomic E-state index is 12.1. The molecule has 0 saturated heterocycles. The quantitative estimate of drug-likeness (QED) is 0.710. The molecule has 2 heterocycles. The second-order valence-corrected chi connectivity index (χ2v) is 5.52. The van der Waals surface area contributed by atoms with Crippen molar-refractivity contribution >= 4 is 11.9 Å². The number of nitrogens with zero attached hydrogens (tertiary/aromatic N) is 3. The topological polar surface area (TPSA) is 119 Å². The van der Waals surface area contributed by atoms with Crippen molar-refractivity contribution in [2.45, 2.75) is 33.6 Å². The Labute approximate surface area is 144 Å². The lowest BCUT2D eigenvalue weighted by Gasteiger charge is -2.05. The van der Waals surface area contributed by atoms with Gasteiger partial charge in [-0.3, -0.25) is 19.5 Å². The van der Waals surface area contributed by atoms with E-state index in [4.69, 9.17) is 4.74 Å². The van der Waals surface area contributed by atoms with E-state index < -0.39 is 11.5 Å². The number of ether oxygens (including phenoxy) is 1. The normalized spacial score (nSPS) is 10.5. The molecule has 1 amide bonds. The van der Waals surface area contributed by atoms with E-state index in [1.807, 2.05) is 6.92 Å². The maximum absolute atomic E-state index is 12.1. The van der Waals surface area contributed by atoms with Gasteiger partial charge in [-0.1, -0.05) is 6.92 Å². The lowest BCUT2D eigenvalue weighted by Crippen LogP contribution is -2.27. The lowest BCUT2D eigenvalue weighted by atomic mass is 10.3. The van der Waals surface area contributed by atoms with Gasteiger partial charge >= 0.3 is 5.97 Å². The van der Waals surface area contributed by atoms with Crippen molar-refractivity contribution in [2.24, 2.45) is 0 Å². The summed E-state index contributed by atoms with van der Waals surface area (Å²) < 4.78 is 6.02. The Morgan fingerprint density at radius 1 is 1.24 bits per heavy atom. The van der Waals surface area contributed by atoms with E-state index in [9.17, 15) is 14.4 Å². The summed E-state index contributed by atoms with van der Waals surface area (Å²) in [4.78, 5) is 43.9. The monoisotopic (exact) mass is 347 g/mol. The summed E-state index contributed by atoms with van der Waals surface area (Å²) in [6.07, 6.45) is 0.810. The minimum atomic E-state index is -0.497. The summed E-state index contributed by atoms with van der Waals surface area (Å²) >= 11 is 0. The van der Waals surface area contributed by atoms with Crippen LogP contribution in [0.4, 0.5) is 0 Å². The lowest BCUT2D eigenvalue weighted by molar-refractivity contribution is -0.143. The second kappa shape index (κ2) is 8.22. The number of amides is 1. The van der Waals surface area contributed by atoms with Crippen LogP contribution in [0.1, 0.15) is 41.6 Å². The molecule has 0 unspecified atom stereocenters. The van der Waals surface area contributed by atoms with Gasteiger partial charge in [-0.25, -0.2) is 9.97 Å². The van der Waals surface area contributed by atoms with Crippen LogP contribution in [0.3, 0.4) is 0 Å². The molecule has 0 aliphatic rings. The number of nitrogens with one attached hydrogen (secondary N) is 2. The molecule has 2 N–H and O–H groups in total. The van der Waals surface area contributed by atoms with E-state index in [-0.39, 0.29) is 30.6 Å². The Kier molecular flexibility index (Phi) is 6.04. The third-order valence-electron chi connectivity index (χ3n) is 3.22. The van der Waals surface area contributed by atoms with Gasteiger partial charge in [-0.2, -0.15) is 4.68 Å². The van der Waals surface area contributed by atoms with Gasteiger partial charge in [-0.05, 0) is 26.3 Å². The van der Waals surface area contributed by atoms with E-state index in [2.05, 4.69) is 20.4 Å². The minimum absolute atomic E-state index is 0.0645. The van der Waals surface area contributed by atoms with Crippen LogP contribution in [-0.4, -0.2) is 44.8 Å². The number of carbonyl (C=O) groups excluding carboxylic acids is 2. The molecule has 9 heteroatoms. The highest BCUT2D eigenvalue weighted by molar-refractivity contribution is 5.92. The molecule has 2 aromatic heterocycles. The van der Waals surface area contributed by atoms with E-state index in [0.29, 0.717) is 18.0 Å². The summed E-state index contributed by atoms with van der Waals surface area (Å²) in [7, 11) is 0. The highest BCUT2D eigenvalue weighted by Gasteiger charge is 2.14. The van der Waals surface area contributed by atoms with E-state index in [1.165, 1.54) is 0 Å². The molecule has 0 fully saturated rings. The molecule has 0 aliphatic heterocycles. The van der Waals surface area contributed by atoms with Crippen LogP contribution in [0, 0.1) is 13.8 Å². The SMILES string of the molecule is CCCOC(=O)CCNC(=O)c1cc(=O)n(-c2nc(C)cc(C)n2)[nH]1. The van der Waals surface area contributed by atoms with E-state index >= 15 is 0 Å². The Balaban J connectivity index is 2.03. The van der Waals surface area contributed by atoms with Gasteiger partial charge < -0.3 is 10.1 Å². The molecule has 0 aliphatic carbocycles. The van der Waals surface area contributed by atoms with Gasteiger partial charge in [0.2, 0.25) is 0 Å². The molecule has 25 heavy (non-hydrogen) atoms. The summed E-state index contributed by atoms with van der Waals surface area (Å²) in [6.45, 7) is 5.96. The Bertz CT molecular complexity index is 804. The third kappa shape index (κ3) is 5.00. The zero-order chi connectivity index (χ0) is 18.4. The largest absolute Gasteiger partial charge is 0.466 e. The number of hydrogen-bond acceptors (Lipinski definition) is 6. The van der Waals surface area contributed by atoms with Gasteiger partial charge in [0.25, 0.3) is 17.4 Å². The van der Waals surface area contributed by atoms with Crippen LogP contribution >= 0.6 is 0 Å². The zero-order valence-corrected chi connectivity index (χ0v) is 14.5. The zero-order valence-electron chi connectivity index (χ0n) is 14.5. The van der Waals surface area contributed by atoms with E-state index in [1.54, 1.807) is 19.9 Å². The molecule has 2 aromatic rings. The van der Waals surface area contributed by atoms with Crippen molar-refractivity contribution in [1.29, 1.82) is 0 Å². The standard InChI is InChI=1S/C16H21N5O4/c1-4-7-25-14(23)5-6-17-15(24)12-9-13(22)21(20-12)16-18-10(2)8-11(3)19-16/h8-9,20H,4-7H2,1-3H3,(H,17,24). The fraction of sp³-hybridized carbons (Fsp3) is 0.438. The average Bonchev–Trinajstić information content (AvgIpc) is 2.94. The van der Waals surface area contributed by atoms with Crippen molar-refractivity contribution in [2.75, 3.05) is 13.2 Å². The van der Waals surface area contributed by atoms with E-state index in [0.717, 1.165) is 17.2 Å². The summed E-state index contributed by atoms with van der Waals surface area (Å²) in [6, 6.07) is 2.94. The Morgan fingerprint density at radius 3 is 2.56 bits per heavy atom. The summed E-state index contributed by atoms with van der Waals surface area (Å²) in [5, 5.41) is 5.23. The summed E-state index contributed by atoms with van der Waals surface area (Å²) in [5.74, 6) is -0.704. The van der Waals surface area contributed by atoms with Crippen molar-refractivity contribution in [3.05, 3.63) is 39.6 Å². The first kappa shape index (κ1) is 18.4. The van der Waals surface area contributed by atoms with Crippen LogP contribution in [0.25, 0.3) is 5.95 Å². The molecule has 0 atom stereocenters. The smallest absolute Gasteiger partial charge is 0.307 e. The van der Waals surface area contributed by atoms with Crippen LogP contribution in [0.5, 0.6) is 0 Å². The highest BCUT2D eigenvalue weighted by Crippen LogP contribution is 2.03. The molecular formula is C16H21N5O4. The van der Waals surface area contributed by atoms with Crippen molar-refractivity contribution in [3.63, 3.8) is 0 Å². The minimum Gasteiger partial charge on any atom is -0.466 e. The van der Waals surface area contributed by atoms with Gasteiger partial charge in [-0.15, -0.1) is 0 Å². The molecule has 0 spiro atoms. The number of hydrogen-bond donors (Lipinski definition) is 2. The highest BCUT2D eigenvalue weighted by atomic mass is 16.5. The number of aromatic amines is 1. The molecule has 0 aromatic carbocycles. The first-order valence-corrected chi connectivity index (χ1v) is 7.99. The second-order valence-electron chi connectivity index (χ2n) is 5.52. The molecule has 0 saturated carbocycles. The van der Waals surface area contributed by atoms with Crippen molar-refractivity contribution in [1.82, 2.24) is 25.1 Å². The maximum Gasteiger partial charge on any atom is 0.307 e. The van der Waals surface area contributed by atoms with Gasteiger partial charge in [0, 0.05) is 24.0 Å². The van der Waals surface area contributed by atoms with Crippen molar-refractivity contribution < 1.29 is 14.3 Å². The number of carbonyl (C=O) groups is 2. The van der Waals surface area contributed by atoms with Crippen LogP contribution in [0.2, 0.25) is 0 Å². The fourth-order valence-electron chi connectivity index (χ4n) is 2.13. The average molecular weight is 347 g/mol. The fourth-order valence-corrected chi connectivity index (χ4v) is 2.13. The molecular weight excluding hydrogens is 326 g/mol. The van der Waals surface area contributed by atoms with Gasteiger partial charge in [0.1, 0.15) is 5.69 Å². The Hall–Kier alpha value is -2.97. The third-order valence-corrected chi connectivity index (χ3v) is 3.22. The van der Waals surface area contributed by atoms with Crippen LogP contribution < -0.4 is 10.9 Å². The van der Waals surface area contributed by atoms with Crippen LogP contribution in [0.15, 0.2) is 16.9 Å². The molecule has 0 radical (unpaired) electrons.